The van der Waals surface area contributed by atoms with Crippen molar-refractivity contribution in [1.82, 2.24) is 0 Å². The van der Waals surface area contributed by atoms with Gasteiger partial charge in [0.1, 0.15) is 0 Å². The predicted molar refractivity (Wildman–Crippen MR) is 69.9 cm³/mol. The first kappa shape index (κ1) is 9.41. The molecule has 0 saturated heterocycles. The lowest BCUT2D eigenvalue weighted by molar-refractivity contribution is 1.25. The summed E-state index contributed by atoms with van der Waals surface area (Å²) in [4.78, 5) is 0. The molecule has 0 atom stereocenters. The van der Waals surface area contributed by atoms with Gasteiger partial charge in [-0.25, -0.2) is 0 Å². The lowest BCUT2D eigenvalue weighted by Crippen LogP contribution is -1.87. The number of rotatable bonds is 0. The maximum absolute atomic E-state index is 2.29. The van der Waals surface area contributed by atoms with E-state index in [9.17, 15) is 0 Å². The summed E-state index contributed by atoms with van der Waals surface area (Å²) in [5.74, 6) is 0. The topological polar surface area (TPSA) is 0 Å². The highest BCUT2D eigenvalue weighted by Gasteiger charge is 2.14. The Bertz CT molecular complexity index is 551. The van der Waals surface area contributed by atoms with Crippen LogP contribution >= 0.6 is 0 Å². The molecule has 0 spiro atoms. The Kier molecular flexibility index (Phi) is 2.14. The normalized spacial score (nSPS) is 17.7. The van der Waals surface area contributed by atoms with Crippen LogP contribution in [0.2, 0.25) is 0 Å². The molecule has 1 aromatic carbocycles. The molecule has 0 radical (unpaired) electrons. The van der Waals surface area contributed by atoms with Gasteiger partial charge >= 0.3 is 0 Å². The monoisotopic (exact) mass is 206 g/mol. The molecule has 3 rings (SSSR count). The smallest absolute Gasteiger partial charge is 0.00170 e. The van der Waals surface area contributed by atoms with E-state index in [1.807, 2.05) is 0 Å². The van der Waals surface area contributed by atoms with Crippen LogP contribution in [0.4, 0.5) is 0 Å². The van der Waals surface area contributed by atoms with Gasteiger partial charge in [0.2, 0.25) is 0 Å². The second-order valence-corrected chi connectivity index (χ2v) is 4.36. The van der Waals surface area contributed by atoms with Gasteiger partial charge in [0.15, 0.2) is 0 Å². The quantitative estimate of drug-likeness (QED) is 0.591. The van der Waals surface area contributed by atoms with Crippen LogP contribution in [0.25, 0.3) is 11.6 Å². The predicted octanol–water partition coefficient (Wildman–Crippen LogP) is 4.37. The molecule has 0 amide bonds. The lowest BCUT2D eigenvalue weighted by atomic mass is 9.97. The summed E-state index contributed by atoms with van der Waals surface area (Å²) in [5, 5.41) is 0. The van der Waals surface area contributed by atoms with Gasteiger partial charge in [0, 0.05) is 0 Å². The van der Waals surface area contributed by atoms with E-state index in [0.717, 1.165) is 6.42 Å². The molecule has 2 bridgehead atoms. The summed E-state index contributed by atoms with van der Waals surface area (Å²) < 4.78 is 0. The van der Waals surface area contributed by atoms with Gasteiger partial charge in [-0.15, -0.1) is 0 Å². The van der Waals surface area contributed by atoms with Gasteiger partial charge in [-0.05, 0) is 41.2 Å². The third kappa shape index (κ3) is 1.47. The second-order valence-electron chi connectivity index (χ2n) is 4.36. The molecule has 0 saturated carbocycles. The summed E-state index contributed by atoms with van der Waals surface area (Å²) in [6.07, 6.45) is 12.1. The van der Waals surface area contributed by atoms with Crippen LogP contribution in [-0.2, 0) is 0 Å². The molecule has 0 aromatic heterocycles. The maximum Gasteiger partial charge on any atom is -0.00170 e. The van der Waals surface area contributed by atoms with E-state index >= 15 is 0 Å². The van der Waals surface area contributed by atoms with Crippen molar-refractivity contribution in [2.75, 3.05) is 0 Å². The molecule has 0 heteroatoms. The second kappa shape index (κ2) is 3.64. The van der Waals surface area contributed by atoms with E-state index in [1.54, 1.807) is 0 Å². The van der Waals surface area contributed by atoms with Crippen molar-refractivity contribution in [1.29, 1.82) is 0 Å². The molecule has 2 aliphatic carbocycles. The lowest BCUT2D eigenvalue weighted by Gasteiger charge is -2.07. The third-order valence-electron chi connectivity index (χ3n) is 3.27. The minimum Gasteiger partial charge on any atom is -0.0620 e. The standard InChI is InChI=1S/C16H14/c1-12-10-14-7-4-5-9-16(14)15-8-3-2-6-13(12)11-15/h2-10H,11H2,1H3. The van der Waals surface area contributed by atoms with E-state index in [2.05, 4.69) is 61.6 Å². The Morgan fingerprint density at radius 2 is 1.69 bits per heavy atom. The van der Waals surface area contributed by atoms with Crippen molar-refractivity contribution in [2.24, 2.45) is 0 Å². The molecule has 0 unspecified atom stereocenters. The van der Waals surface area contributed by atoms with E-state index in [0.29, 0.717) is 0 Å². The highest BCUT2D eigenvalue weighted by molar-refractivity contribution is 5.82. The average molecular weight is 206 g/mol. The fourth-order valence-corrected chi connectivity index (χ4v) is 2.36. The van der Waals surface area contributed by atoms with Crippen LogP contribution in [-0.4, -0.2) is 0 Å². The first-order chi connectivity index (χ1) is 7.84. The first-order valence-corrected chi connectivity index (χ1v) is 5.69. The van der Waals surface area contributed by atoms with Crippen LogP contribution in [0.1, 0.15) is 24.5 Å². The number of hydrogen-bond donors (Lipinski definition) is 0. The van der Waals surface area contributed by atoms with Crippen LogP contribution < -0.4 is 0 Å². The summed E-state index contributed by atoms with van der Waals surface area (Å²) in [7, 11) is 0. The zero-order chi connectivity index (χ0) is 11.0. The molecule has 78 valence electrons. The van der Waals surface area contributed by atoms with Crippen LogP contribution in [0.3, 0.4) is 0 Å². The molecule has 2 aliphatic rings. The summed E-state index contributed by atoms with van der Waals surface area (Å²) in [5.41, 5.74) is 6.93. The fraction of sp³-hybridized carbons (Fsp3) is 0.125. The van der Waals surface area contributed by atoms with Crippen LogP contribution in [0.5, 0.6) is 0 Å². The largest absolute Gasteiger partial charge is 0.0620 e. The van der Waals surface area contributed by atoms with Crippen molar-refractivity contribution < 1.29 is 0 Å². The van der Waals surface area contributed by atoms with Gasteiger partial charge in [0.25, 0.3) is 0 Å². The number of hydrogen-bond acceptors (Lipinski definition) is 0. The van der Waals surface area contributed by atoms with Crippen LogP contribution in [0.15, 0.2) is 59.7 Å². The Hall–Kier alpha value is -1.82. The zero-order valence-corrected chi connectivity index (χ0v) is 9.40. The summed E-state index contributed by atoms with van der Waals surface area (Å²) in [6, 6.07) is 8.64. The van der Waals surface area contributed by atoms with Crippen molar-refractivity contribution >= 4 is 11.6 Å². The molecule has 0 nitrogen and oxygen atoms in total. The molecule has 1 aromatic rings. The number of fused-ring (bicyclic) bond motifs is 4. The van der Waals surface area contributed by atoms with Gasteiger partial charge in [0.05, 0.1) is 0 Å². The third-order valence-corrected chi connectivity index (χ3v) is 3.27. The van der Waals surface area contributed by atoms with E-state index in [4.69, 9.17) is 0 Å². The van der Waals surface area contributed by atoms with E-state index in [-0.39, 0.29) is 0 Å². The van der Waals surface area contributed by atoms with Crippen molar-refractivity contribution in [3.05, 3.63) is 70.8 Å². The molecular formula is C16H14. The molecule has 16 heavy (non-hydrogen) atoms. The minimum atomic E-state index is 1.05. The Labute approximate surface area is 96.3 Å². The van der Waals surface area contributed by atoms with Crippen molar-refractivity contribution in [3.63, 3.8) is 0 Å². The average Bonchev–Trinajstić information content (AvgIpc) is 2.61. The van der Waals surface area contributed by atoms with Gasteiger partial charge in [-0.3, -0.25) is 0 Å². The molecule has 0 fully saturated rings. The van der Waals surface area contributed by atoms with Crippen LogP contribution in [0, 0.1) is 0 Å². The van der Waals surface area contributed by atoms with Gasteiger partial charge in [-0.2, -0.15) is 0 Å². The Morgan fingerprint density at radius 1 is 0.938 bits per heavy atom. The highest BCUT2D eigenvalue weighted by atomic mass is 14.2. The molecule has 0 aliphatic heterocycles. The summed E-state index contributed by atoms with van der Waals surface area (Å²) >= 11 is 0. The first-order valence-electron chi connectivity index (χ1n) is 5.69. The zero-order valence-electron chi connectivity index (χ0n) is 9.40. The van der Waals surface area contributed by atoms with E-state index in [1.165, 1.54) is 27.8 Å². The highest BCUT2D eigenvalue weighted by Crippen LogP contribution is 2.35. The fourth-order valence-electron chi connectivity index (χ4n) is 2.36. The minimum absolute atomic E-state index is 1.05. The molecule has 0 heterocycles. The van der Waals surface area contributed by atoms with E-state index < -0.39 is 0 Å². The summed E-state index contributed by atoms with van der Waals surface area (Å²) in [6.45, 7) is 2.20. The Balaban J connectivity index is 2.30. The van der Waals surface area contributed by atoms with Crippen molar-refractivity contribution in [2.45, 2.75) is 13.3 Å². The number of benzene rings is 1. The van der Waals surface area contributed by atoms with Gasteiger partial charge in [-0.1, -0.05) is 54.6 Å². The SMILES string of the molecule is CC1=Cc2ccccc2C2=CC=CC=C1C2. The maximum atomic E-state index is 2.29. The van der Waals surface area contributed by atoms with Crippen molar-refractivity contribution in [3.8, 4) is 0 Å². The molecular weight excluding hydrogens is 192 g/mol. The molecule has 0 N–H and O–H groups in total. The Morgan fingerprint density at radius 3 is 2.56 bits per heavy atom. The number of allylic oxidation sites excluding steroid dienone is 7. The van der Waals surface area contributed by atoms with Gasteiger partial charge < -0.3 is 0 Å².